The molecule has 1 N–H and O–H groups in total. The number of pyridine rings is 1. The summed E-state index contributed by atoms with van der Waals surface area (Å²) in [5, 5.41) is 3.88. The van der Waals surface area contributed by atoms with E-state index in [4.69, 9.17) is 11.6 Å². The summed E-state index contributed by atoms with van der Waals surface area (Å²) in [6.07, 6.45) is 4.52. The van der Waals surface area contributed by atoms with Gasteiger partial charge >= 0.3 is 0 Å². The summed E-state index contributed by atoms with van der Waals surface area (Å²) < 4.78 is 0. The van der Waals surface area contributed by atoms with Gasteiger partial charge in [-0.1, -0.05) is 18.5 Å². The second-order valence-electron chi connectivity index (χ2n) is 4.84. The third kappa shape index (κ3) is 3.67. The Bertz CT molecular complexity index is 415. The summed E-state index contributed by atoms with van der Waals surface area (Å²) in [7, 11) is 0. The minimum absolute atomic E-state index is 0.0189. The average Bonchev–Trinajstić information content (AvgIpc) is 2.46. The maximum absolute atomic E-state index is 12.5. The lowest BCUT2D eigenvalue weighted by Gasteiger charge is -2.34. The van der Waals surface area contributed by atoms with E-state index < -0.39 is 0 Å². The molecule has 0 unspecified atom stereocenters. The zero-order valence-electron chi connectivity index (χ0n) is 11.2. The molecule has 1 aromatic rings. The van der Waals surface area contributed by atoms with Crippen LogP contribution in [0.25, 0.3) is 0 Å². The number of amides is 1. The predicted octanol–water partition coefficient (Wildman–Crippen LogP) is 2.34. The fraction of sp³-hybridized carbons (Fsp3) is 0.571. The topological polar surface area (TPSA) is 45.2 Å². The van der Waals surface area contributed by atoms with Crippen molar-refractivity contribution in [3.05, 3.63) is 29.0 Å². The van der Waals surface area contributed by atoms with E-state index in [0.717, 1.165) is 38.9 Å². The third-order valence-electron chi connectivity index (χ3n) is 3.42. The summed E-state index contributed by atoms with van der Waals surface area (Å²) in [5.74, 6) is 0.0189. The van der Waals surface area contributed by atoms with Gasteiger partial charge in [-0.2, -0.15) is 0 Å². The number of aromatic nitrogens is 1. The summed E-state index contributed by atoms with van der Waals surface area (Å²) in [4.78, 5) is 18.7. The Morgan fingerprint density at radius 2 is 2.21 bits per heavy atom. The van der Waals surface area contributed by atoms with Crippen LogP contribution in [0.3, 0.4) is 0 Å². The monoisotopic (exact) mass is 281 g/mol. The fourth-order valence-corrected chi connectivity index (χ4v) is 2.57. The van der Waals surface area contributed by atoms with Gasteiger partial charge in [0, 0.05) is 18.8 Å². The van der Waals surface area contributed by atoms with Gasteiger partial charge in [0.25, 0.3) is 5.91 Å². The number of nitrogens with one attached hydrogen (secondary N) is 1. The molecule has 1 aromatic heterocycles. The molecule has 1 fully saturated rings. The molecule has 4 nitrogen and oxygen atoms in total. The highest BCUT2D eigenvalue weighted by Crippen LogP contribution is 2.16. The molecule has 0 aromatic carbocycles. The smallest absolute Gasteiger partial charge is 0.272 e. The van der Waals surface area contributed by atoms with Crippen molar-refractivity contribution in [2.75, 3.05) is 19.6 Å². The normalized spacial score (nSPS) is 16.3. The minimum atomic E-state index is 0.0189. The molecule has 1 aliphatic rings. The minimum Gasteiger partial charge on any atom is -0.334 e. The molecular weight excluding hydrogens is 262 g/mol. The average molecular weight is 282 g/mol. The van der Waals surface area contributed by atoms with Gasteiger partial charge in [0.1, 0.15) is 5.69 Å². The number of hydrogen-bond acceptors (Lipinski definition) is 3. The molecule has 0 bridgehead atoms. The van der Waals surface area contributed by atoms with E-state index in [-0.39, 0.29) is 5.91 Å². The van der Waals surface area contributed by atoms with Crippen molar-refractivity contribution in [3.63, 3.8) is 0 Å². The largest absolute Gasteiger partial charge is 0.334 e. The van der Waals surface area contributed by atoms with Crippen molar-refractivity contribution in [1.29, 1.82) is 0 Å². The zero-order valence-corrected chi connectivity index (χ0v) is 12.0. The van der Waals surface area contributed by atoms with Crippen molar-refractivity contribution in [2.45, 2.75) is 32.2 Å². The molecule has 0 aliphatic carbocycles. The fourth-order valence-electron chi connectivity index (χ4n) is 2.46. The first-order chi connectivity index (χ1) is 9.22. The van der Waals surface area contributed by atoms with Crippen LogP contribution in [-0.4, -0.2) is 41.5 Å². The zero-order chi connectivity index (χ0) is 13.7. The Balaban J connectivity index is 2.13. The molecular formula is C14H20ClN3O. The van der Waals surface area contributed by atoms with Gasteiger partial charge in [-0.25, -0.2) is 4.98 Å². The molecule has 2 heterocycles. The van der Waals surface area contributed by atoms with Crippen LogP contribution >= 0.6 is 11.6 Å². The molecule has 1 saturated heterocycles. The molecule has 1 aliphatic heterocycles. The second kappa shape index (κ2) is 6.87. The maximum Gasteiger partial charge on any atom is 0.272 e. The molecule has 0 radical (unpaired) electrons. The Hall–Kier alpha value is -1.13. The maximum atomic E-state index is 12.5. The SMILES string of the molecule is CCCN(C(=O)c1ccc(Cl)cn1)C1CCNCC1. The number of halogens is 1. The van der Waals surface area contributed by atoms with Gasteiger partial charge in [-0.3, -0.25) is 4.79 Å². The highest BCUT2D eigenvalue weighted by molar-refractivity contribution is 6.30. The molecule has 0 atom stereocenters. The number of carbonyl (C=O) groups excluding carboxylic acids is 1. The number of carbonyl (C=O) groups is 1. The van der Waals surface area contributed by atoms with Crippen LogP contribution in [0.1, 0.15) is 36.7 Å². The Labute approximate surface area is 119 Å². The van der Waals surface area contributed by atoms with Crippen LogP contribution in [-0.2, 0) is 0 Å². The van der Waals surface area contributed by atoms with E-state index in [2.05, 4.69) is 17.2 Å². The van der Waals surface area contributed by atoms with Crippen molar-refractivity contribution in [1.82, 2.24) is 15.2 Å². The number of nitrogens with zero attached hydrogens (tertiary/aromatic N) is 2. The van der Waals surface area contributed by atoms with Gasteiger partial charge in [0.05, 0.1) is 5.02 Å². The highest BCUT2D eigenvalue weighted by atomic mass is 35.5. The van der Waals surface area contributed by atoms with Gasteiger partial charge in [-0.15, -0.1) is 0 Å². The van der Waals surface area contributed by atoms with Gasteiger partial charge < -0.3 is 10.2 Å². The van der Waals surface area contributed by atoms with Gasteiger partial charge in [-0.05, 0) is 44.5 Å². The van der Waals surface area contributed by atoms with Crippen LogP contribution in [0.2, 0.25) is 5.02 Å². The Morgan fingerprint density at radius 1 is 1.47 bits per heavy atom. The van der Waals surface area contributed by atoms with E-state index >= 15 is 0 Å². The van der Waals surface area contributed by atoms with E-state index in [1.165, 1.54) is 6.20 Å². The Morgan fingerprint density at radius 3 is 2.79 bits per heavy atom. The number of hydrogen-bond donors (Lipinski definition) is 1. The van der Waals surface area contributed by atoms with Crippen molar-refractivity contribution in [3.8, 4) is 0 Å². The van der Waals surface area contributed by atoms with Crippen LogP contribution in [0.5, 0.6) is 0 Å². The van der Waals surface area contributed by atoms with E-state index in [9.17, 15) is 4.79 Å². The van der Waals surface area contributed by atoms with Crippen LogP contribution in [0, 0.1) is 0 Å². The van der Waals surface area contributed by atoms with Crippen molar-refractivity contribution < 1.29 is 4.79 Å². The lowest BCUT2D eigenvalue weighted by atomic mass is 10.0. The summed E-state index contributed by atoms with van der Waals surface area (Å²) >= 11 is 5.81. The predicted molar refractivity (Wildman–Crippen MR) is 76.5 cm³/mol. The highest BCUT2D eigenvalue weighted by Gasteiger charge is 2.26. The van der Waals surface area contributed by atoms with Crippen molar-refractivity contribution in [2.24, 2.45) is 0 Å². The first kappa shape index (κ1) is 14.3. The first-order valence-corrected chi connectivity index (χ1v) is 7.23. The van der Waals surface area contributed by atoms with Crippen LogP contribution in [0.15, 0.2) is 18.3 Å². The van der Waals surface area contributed by atoms with E-state index in [0.29, 0.717) is 16.8 Å². The summed E-state index contributed by atoms with van der Waals surface area (Å²) in [5.41, 5.74) is 0.483. The van der Waals surface area contributed by atoms with Crippen LogP contribution < -0.4 is 5.32 Å². The standard InChI is InChI=1S/C14H20ClN3O/c1-2-9-18(12-5-7-16-8-6-12)14(19)13-4-3-11(15)10-17-13/h3-4,10,12,16H,2,5-9H2,1H3. The number of piperidine rings is 1. The lowest BCUT2D eigenvalue weighted by Crippen LogP contribution is -2.46. The molecule has 0 spiro atoms. The molecule has 1 amide bonds. The third-order valence-corrected chi connectivity index (χ3v) is 3.64. The molecule has 104 valence electrons. The van der Waals surface area contributed by atoms with Crippen molar-refractivity contribution >= 4 is 17.5 Å². The second-order valence-corrected chi connectivity index (χ2v) is 5.28. The lowest BCUT2D eigenvalue weighted by molar-refractivity contribution is 0.0636. The summed E-state index contributed by atoms with van der Waals surface area (Å²) in [6.45, 7) is 4.84. The summed E-state index contributed by atoms with van der Waals surface area (Å²) in [6, 6.07) is 3.74. The molecule has 19 heavy (non-hydrogen) atoms. The van der Waals surface area contributed by atoms with E-state index in [1.54, 1.807) is 12.1 Å². The van der Waals surface area contributed by atoms with Crippen LogP contribution in [0.4, 0.5) is 0 Å². The molecule has 5 heteroatoms. The Kier molecular flexibility index (Phi) is 5.16. The quantitative estimate of drug-likeness (QED) is 0.921. The first-order valence-electron chi connectivity index (χ1n) is 6.85. The van der Waals surface area contributed by atoms with Gasteiger partial charge in [0.15, 0.2) is 0 Å². The molecule has 2 rings (SSSR count). The number of rotatable bonds is 4. The molecule has 0 saturated carbocycles. The van der Waals surface area contributed by atoms with E-state index in [1.807, 2.05) is 4.90 Å². The van der Waals surface area contributed by atoms with Gasteiger partial charge in [0.2, 0.25) is 0 Å².